The van der Waals surface area contributed by atoms with Gasteiger partial charge < -0.3 is 9.84 Å². The number of hydrogen-bond donors (Lipinski definition) is 4. The number of aliphatic carboxylic acids is 1. The summed E-state index contributed by atoms with van der Waals surface area (Å²) in [6.45, 7) is 11.7. The maximum absolute atomic E-state index is 15.2. The first-order chi connectivity index (χ1) is 20.2. The first kappa shape index (κ1) is 32.0. The highest BCUT2D eigenvalue weighted by Crippen LogP contribution is 2.27. The van der Waals surface area contributed by atoms with Crippen LogP contribution in [0.4, 0.5) is 14.9 Å². The van der Waals surface area contributed by atoms with Crippen molar-refractivity contribution in [2.75, 3.05) is 5.32 Å². The standard InChI is InChI=1S/C32H37FN4O5S/c1-31(2,3)21-10-14-23(15-11-21)43-37-26(29(38)39)18-19-7-16-24(25(33)17-19)27-35-28(42-36-27)20-8-12-22(13-9-20)34-30(40)41-32(4,5)6/h7-17,26,28,37H,18H2,1-6H3,(H,34,40)(H,35,36)(H,38,39). The third kappa shape index (κ3) is 9.03. The number of rotatable bonds is 9. The van der Waals surface area contributed by atoms with E-state index >= 15 is 4.39 Å². The molecule has 0 aromatic heterocycles. The molecule has 1 heterocycles. The predicted octanol–water partition coefficient (Wildman–Crippen LogP) is 6.74. The fourth-order valence-corrected chi connectivity index (χ4v) is 4.89. The Morgan fingerprint density at radius 1 is 1.05 bits per heavy atom. The van der Waals surface area contributed by atoms with Crippen molar-refractivity contribution in [1.29, 1.82) is 0 Å². The lowest BCUT2D eigenvalue weighted by molar-refractivity contribution is -0.138. The fraction of sp³-hybridized carbons (Fsp3) is 0.344. The third-order valence-electron chi connectivity index (χ3n) is 6.42. The Balaban J connectivity index is 1.37. The molecule has 3 aromatic carbocycles. The number of carboxylic acid groups (broad SMARTS) is 1. The number of carbonyl (C=O) groups is 2. The first-order valence-corrected chi connectivity index (χ1v) is 14.6. The number of carboxylic acids is 1. The van der Waals surface area contributed by atoms with Gasteiger partial charge in [0.15, 0.2) is 5.84 Å². The van der Waals surface area contributed by atoms with Crippen LogP contribution in [0.1, 0.15) is 70.0 Å². The number of aliphatic imine (C=N–C) groups is 1. The Morgan fingerprint density at radius 3 is 2.30 bits per heavy atom. The molecule has 0 spiro atoms. The molecule has 1 amide bonds. The zero-order valence-corrected chi connectivity index (χ0v) is 25.8. The quantitative estimate of drug-likeness (QED) is 0.197. The molecule has 0 fully saturated rings. The minimum atomic E-state index is -1.03. The van der Waals surface area contributed by atoms with Crippen molar-refractivity contribution in [3.8, 4) is 0 Å². The monoisotopic (exact) mass is 608 g/mol. The summed E-state index contributed by atoms with van der Waals surface area (Å²) in [5.74, 6) is -1.37. The molecule has 43 heavy (non-hydrogen) atoms. The Bertz CT molecular complexity index is 1480. The van der Waals surface area contributed by atoms with E-state index < -0.39 is 35.8 Å². The molecule has 0 saturated heterocycles. The Morgan fingerprint density at radius 2 is 1.72 bits per heavy atom. The predicted molar refractivity (Wildman–Crippen MR) is 165 cm³/mol. The Kier molecular flexibility index (Phi) is 9.79. The van der Waals surface area contributed by atoms with E-state index in [0.717, 1.165) is 4.90 Å². The normalized spacial score (nSPS) is 15.8. The summed E-state index contributed by atoms with van der Waals surface area (Å²) in [4.78, 5) is 34.8. The highest BCUT2D eigenvalue weighted by atomic mass is 32.2. The van der Waals surface area contributed by atoms with Gasteiger partial charge in [-0.25, -0.2) is 29.2 Å². The van der Waals surface area contributed by atoms with Gasteiger partial charge in [0.1, 0.15) is 17.5 Å². The van der Waals surface area contributed by atoms with Gasteiger partial charge in [-0.3, -0.25) is 10.1 Å². The van der Waals surface area contributed by atoms with Gasteiger partial charge in [0.25, 0.3) is 0 Å². The van der Waals surface area contributed by atoms with E-state index in [9.17, 15) is 14.7 Å². The van der Waals surface area contributed by atoms with E-state index in [-0.39, 0.29) is 23.2 Å². The van der Waals surface area contributed by atoms with Gasteiger partial charge in [-0.2, -0.15) is 0 Å². The molecule has 9 nitrogen and oxygen atoms in total. The van der Waals surface area contributed by atoms with Crippen molar-refractivity contribution in [2.24, 2.45) is 4.99 Å². The van der Waals surface area contributed by atoms with Crippen LogP contribution in [-0.4, -0.2) is 34.6 Å². The van der Waals surface area contributed by atoms with Crippen LogP contribution in [0.15, 0.2) is 76.6 Å². The number of hydrogen-bond acceptors (Lipinski definition) is 8. The molecule has 0 saturated carbocycles. The maximum Gasteiger partial charge on any atom is 0.412 e. The van der Waals surface area contributed by atoms with Crippen LogP contribution in [-0.2, 0) is 26.2 Å². The highest BCUT2D eigenvalue weighted by Gasteiger charge is 2.25. The minimum absolute atomic E-state index is 0.0247. The van der Waals surface area contributed by atoms with Crippen molar-refractivity contribution >= 4 is 35.5 Å². The summed E-state index contributed by atoms with van der Waals surface area (Å²) < 4.78 is 23.4. The zero-order chi connectivity index (χ0) is 31.4. The summed E-state index contributed by atoms with van der Waals surface area (Å²) in [5.41, 5.74) is 5.23. The van der Waals surface area contributed by atoms with Gasteiger partial charge in [0.2, 0.25) is 6.23 Å². The van der Waals surface area contributed by atoms with E-state index in [2.05, 4.69) is 41.3 Å². The summed E-state index contributed by atoms with van der Waals surface area (Å²) >= 11 is 1.23. The second kappa shape index (κ2) is 13.2. The lowest BCUT2D eigenvalue weighted by Crippen LogP contribution is -2.34. The van der Waals surface area contributed by atoms with Crippen molar-refractivity contribution in [1.82, 2.24) is 10.2 Å². The van der Waals surface area contributed by atoms with Crippen molar-refractivity contribution in [3.05, 3.63) is 94.8 Å². The van der Waals surface area contributed by atoms with Gasteiger partial charge in [0, 0.05) is 16.1 Å². The molecule has 4 N–H and O–H groups in total. The number of nitrogens with one attached hydrogen (secondary N) is 3. The number of carbonyl (C=O) groups excluding carboxylic acids is 1. The highest BCUT2D eigenvalue weighted by molar-refractivity contribution is 7.97. The topological polar surface area (TPSA) is 121 Å². The zero-order valence-electron chi connectivity index (χ0n) is 25.0. The van der Waals surface area contributed by atoms with Crippen LogP contribution < -0.4 is 15.5 Å². The molecule has 228 valence electrons. The molecular weight excluding hydrogens is 571 g/mol. The van der Waals surface area contributed by atoms with Gasteiger partial charge in [-0.15, -0.1) is 0 Å². The van der Waals surface area contributed by atoms with E-state index in [1.54, 1.807) is 57.2 Å². The molecule has 0 bridgehead atoms. The largest absolute Gasteiger partial charge is 0.480 e. The van der Waals surface area contributed by atoms with Gasteiger partial charge >= 0.3 is 12.1 Å². The molecule has 1 aliphatic heterocycles. The second-order valence-electron chi connectivity index (χ2n) is 12.2. The van der Waals surface area contributed by atoms with E-state index in [1.807, 2.05) is 24.3 Å². The van der Waals surface area contributed by atoms with E-state index in [0.29, 0.717) is 16.8 Å². The summed E-state index contributed by atoms with van der Waals surface area (Å²) in [6, 6.07) is 18.4. The van der Waals surface area contributed by atoms with Crippen molar-refractivity contribution in [3.63, 3.8) is 0 Å². The molecule has 0 aliphatic carbocycles. The maximum atomic E-state index is 15.2. The minimum Gasteiger partial charge on any atom is -0.480 e. The van der Waals surface area contributed by atoms with Gasteiger partial charge in [-0.05, 0) is 92.1 Å². The molecular formula is C32H37FN4O5S. The molecule has 3 aromatic rings. The first-order valence-electron chi connectivity index (χ1n) is 13.8. The van der Waals surface area contributed by atoms with Crippen molar-refractivity contribution in [2.45, 2.75) is 76.1 Å². The number of halogens is 1. The molecule has 4 rings (SSSR count). The number of anilines is 1. The lowest BCUT2D eigenvalue weighted by Gasteiger charge is -2.19. The third-order valence-corrected chi connectivity index (χ3v) is 7.33. The lowest BCUT2D eigenvalue weighted by atomic mass is 9.87. The average molecular weight is 609 g/mol. The van der Waals surface area contributed by atoms with Gasteiger partial charge in [-0.1, -0.05) is 51.1 Å². The summed E-state index contributed by atoms with van der Waals surface area (Å²) in [7, 11) is 0. The Labute approximate surface area is 255 Å². The number of ether oxygens (including phenoxy) is 1. The SMILES string of the molecule is CC(C)(C)OC(=O)Nc1ccc(C2N=C(c3ccc(CC(NSc4ccc(C(C)(C)C)cc4)C(=O)O)cc3F)NO2)cc1. The fourth-order valence-electron chi connectivity index (χ4n) is 4.16. The van der Waals surface area contributed by atoms with Crippen LogP contribution in [0.5, 0.6) is 0 Å². The van der Waals surface area contributed by atoms with Crippen LogP contribution in [0.2, 0.25) is 0 Å². The van der Waals surface area contributed by atoms with Crippen LogP contribution in [0, 0.1) is 5.82 Å². The van der Waals surface area contributed by atoms with E-state index in [1.165, 1.54) is 23.6 Å². The Hall–Kier alpha value is -3.93. The van der Waals surface area contributed by atoms with Crippen LogP contribution in [0.25, 0.3) is 0 Å². The van der Waals surface area contributed by atoms with Crippen LogP contribution >= 0.6 is 11.9 Å². The molecule has 11 heteroatoms. The summed E-state index contributed by atoms with van der Waals surface area (Å²) in [6.07, 6.45) is -1.20. The average Bonchev–Trinajstić information content (AvgIpc) is 3.40. The van der Waals surface area contributed by atoms with Crippen LogP contribution in [0.3, 0.4) is 0 Å². The molecule has 0 radical (unpaired) electrons. The molecule has 2 atom stereocenters. The number of amides is 1. The number of nitrogens with zero attached hydrogens (tertiary/aromatic N) is 1. The van der Waals surface area contributed by atoms with Crippen molar-refractivity contribution < 1.29 is 28.7 Å². The molecule has 1 aliphatic rings. The van der Waals surface area contributed by atoms with E-state index in [4.69, 9.17) is 9.57 Å². The number of hydroxylamine groups is 1. The number of amidine groups is 1. The number of benzene rings is 3. The summed E-state index contributed by atoms with van der Waals surface area (Å²) in [5, 5.41) is 12.4. The second-order valence-corrected chi connectivity index (χ2v) is 13.1. The smallest absolute Gasteiger partial charge is 0.412 e. The van der Waals surface area contributed by atoms with Gasteiger partial charge in [0.05, 0.1) is 5.56 Å². The molecule has 2 unspecified atom stereocenters.